The molecule has 1 amide bonds. The van der Waals surface area contributed by atoms with E-state index >= 15 is 0 Å². The Morgan fingerprint density at radius 3 is 2.70 bits per heavy atom. The molecule has 6 heteroatoms. The van der Waals surface area contributed by atoms with Gasteiger partial charge in [-0.15, -0.1) is 0 Å². The molecule has 1 aromatic rings. The van der Waals surface area contributed by atoms with Crippen molar-refractivity contribution in [2.75, 3.05) is 13.1 Å². The summed E-state index contributed by atoms with van der Waals surface area (Å²) in [5.74, 6) is 0.373. The number of hydrogen-bond acceptors (Lipinski definition) is 4. The first-order chi connectivity index (χ1) is 11.0. The Morgan fingerprint density at radius 2 is 2.04 bits per heavy atom. The molecule has 0 bridgehead atoms. The molecule has 1 aromatic heterocycles. The predicted octanol–water partition coefficient (Wildman–Crippen LogP) is 1.81. The van der Waals surface area contributed by atoms with Crippen molar-refractivity contribution in [2.24, 2.45) is 5.92 Å². The quantitative estimate of drug-likeness (QED) is 0.871. The van der Waals surface area contributed by atoms with Crippen molar-refractivity contribution in [3.8, 4) is 0 Å². The fourth-order valence-corrected chi connectivity index (χ4v) is 4.16. The highest BCUT2D eigenvalue weighted by atomic mass is 16.5. The average Bonchev–Trinajstić information content (AvgIpc) is 3.14. The fourth-order valence-electron chi connectivity index (χ4n) is 4.16. The van der Waals surface area contributed by atoms with Gasteiger partial charge in [-0.1, -0.05) is 0 Å². The molecule has 6 nitrogen and oxygen atoms in total. The minimum atomic E-state index is -0.428. The van der Waals surface area contributed by atoms with Gasteiger partial charge in [0.05, 0.1) is 23.5 Å². The van der Waals surface area contributed by atoms with Crippen LogP contribution in [0.3, 0.4) is 0 Å². The van der Waals surface area contributed by atoms with E-state index in [1.165, 1.54) is 0 Å². The number of amides is 1. The predicted molar refractivity (Wildman–Crippen MR) is 84.1 cm³/mol. The Kier molecular flexibility index (Phi) is 3.50. The summed E-state index contributed by atoms with van der Waals surface area (Å²) in [4.78, 5) is 14.8. The largest absolute Gasteiger partial charge is 0.390 e. The van der Waals surface area contributed by atoms with Gasteiger partial charge in [-0.05, 0) is 45.4 Å². The van der Waals surface area contributed by atoms with Crippen molar-refractivity contribution in [2.45, 2.75) is 63.8 Å². The van der Waals surface area contributed by atoms with Crippen LogP contribution in [0.25, 0.3) is 0 Å². The van der Waals surface area contributed by atoms with Crippen LogP contribution in [0.5, 0.6) is 0 Å². The molecule has 2 atom stereocenters. The second-order valence-electron chi connectivity index (χ2n) is 7.43. The molecule has 126 valence electrons. The number of nitrogens with zero attached hydrogens (tertiary/aromatic N) is 2. The highest BCUT2D eigenvalue weighted by Gasteiger charge is 2.48. The van der Waals surface area contributed by atoms with Crippen LogP contribution in [0.2, 0.25) is 0 Å². The van der Waals surface area contributed by atoms with Crippen molar-refractivity contribution in [3.05, 3.63) is 17.0 Å². The summed E-state index contributed by atoms with van der Waals surface area (Å²) in [5.41, 5.74) is 2.09. The van der Waals surface area contributed by atoms with Gasteiger partial charge in [-0.2, -0.15) is 5.10 Å². The monoisotopic (exact) mass is 319 g/mol. The van der Waals surface area contributed by atoms with Crippen molar-refractivity contribution in [1.82, 2.24) is 15.1 Å². The molecule has 2 fully saturated rings. The van der Waals surface area contributed by atoms with Crippen LogP contribution in [0, 0.1) is 5.92 Å². The maximum Gasteiger partial charge on any atom is 0.274 e. The summed E-state index contributed by atoms with van der Waals surface area (Å²) in [6.45, 7) is 5.45. The molecule has 1 saturated carbocycles. The van der Waals surface area contributed by atoms with E-state index in [4.69, 9.17) is 4.74 Å². The van der Waals surface area contributed by atoms with Gasteiger partial charge in [-0.3, -0.25) is 9.89 Å². The third-order valence-electron chi connectivity index (χ3n) is 5.74. The van der Waals surface area contributed by atoms with Crippen molar-refractivity contribution in [3.63, 3.8) is 0 Å². The number of aromatic amines is 1. The van der Waals surface area contributed by atoms with E-state index in [1.54, 1.807) is 0 Å². The highest BCUT2D eigenvalue weighted by Crippen LogP contribution is 2.46. The lowest BCUT2D eigenvalue weighted by Gasteiger charge is -2.34. The summed E-state index contributed by atoms with van der Waals surface area (Å²) in [7, 11) is 0. The van der Waals surface area contributed by atoms with Crippen LogP contribution in [-0.4, -0.2) is 50.9 Å². The normalized spacial score (nSPS) is 30.1. The standard InChI is InChI=1S/C17H25N3O3/c1-10-9-13-14(11(2)23-10)18-19-15(13)16(21)20-7-3-12(4-8-20)17(22)5-6-17/h10-12,22H,3-9H2,1-2H3,(H,18,19)/t10-,11+/m1/s1. The van der Waals surface area contributed by atoms with Gasteiger partial charge >= 0.3 is 0 Å². The van der Waals surface area contributed by atoms with Gasteiger partial charge in [0.25, 0.3) is 5.91 Å². The maximum absolute atomic E-state index is 12.9. The number of H-pyrrole nitrogens is 1. The van der Waals surface area contributed by atoms with Crippen molar-refractivity contribution in [1.29, 1.82) is 0 Å². The molecule has 0 spiro atoms. The molecule has 2 aliphatic heterocycles. The van der Waals surface area contributed by atoms with Gasteiger partial charge in [0, 0.05) is 25.1 Å². The van der Waals surface area contributed by atoms with Crippen LogP contribution < -0.4 is 0 Å². The third kappa shape index (κ3) is 2.58. The molecule has 2 N–H and O–H groups in total. The molecule has 0 radical (unpaired) electrons. The average molecular weight is 319 g/mol. The Bertz CT molecular complexity index is 615. The lowest BCUT2D eigenvalue weighted by atomic mass is 9.89. The van der Waals surface area contributed by atoms with Crippen LogP contribution >= 0.6 is 0 Å². The molecule has 3 aliphatic rings. The lowest BCUT2D eigenvalue weighted by molar-refractivity contribution is -0.00708. The van der Waals surface area contributed by atoms with Crippen LogP contribution in [0.15, 0.2) is 0 Å². The Labute approximate surface area is 136 Å². The zero-order valence-corrected chi connectivity index (χ0v) is 13.8. The lowest BCUT2D eigenvalue weighted by Crippen LogP contribution is -2.42. The Morgan fingerprint density at radius 1 is 1.35 bits per heavy atom. The van der Waals surface area contributed by atoms with Gasteiger partial charge < -0.3 is 14.7 Å². The summed E-state index contributed by atoms with van der Waals surface area (Å²) in [6.07, 6.45) is 4.43. The molecule has 23 heavy (non-hydrogen) atoms. The molecule has 0 aromatic carbocycles. The number of aliphatic hydroxyl groups is 1. The van der Waals surface area contributed by atoms with Crippen molar-refractivity contribution >= 4 is 5.91 Å². The minimum Gasteiger partial charge on any atom is -0.390 e. The van der Waals surface area contributed by atoms with Crippen molar-refractivity contribution < 1.29 is 14.6 Å². The number of likely N-dealkylation sites (tertiary alicyclic amines) is 1. The van der Waals surface area contributed by atoms with E-state index in [0.29, 0.717) is 11.6 Å². The first-order valence-electron chi connectivity index (χ1n) is 8.72. The number of nitrogens with one attached hydrogen (secondary N) is 1. The topological polar surface area (TPSA) is 78.5 Å². The highest BCUT2D eigenvalue weighted by molar-refractivity contribution is 5.94. The Hall–Kier alpha value is -1.40. The van der Waals surface area contributed by atoms with Gasteiger partial charge in [0.1, 0.15) is 0 Å². The fraction of sp³-hybridized carbons (Fsp3) is 0.765. The second-order valence-corrected chi connectivity index (χ2v) is 7.43. The number of carbonyl (C=O) groups excluding carboxylic acids is 1. The first-order valence-corrected chi connectivity index (χ1v) is 8.72. The van der Waals surface area contributed by atoms with E-state index < -0.39 is 5.60 Å². The van der Waals surface area contributed by atoms with E-state index in [0.717, 1.165) is 56.5 Å². The number of aromatic nitrogens is 2. The maximum atomic E-state index is 12.9. The molecular weight excluding hydrogens is 294 g/mol. The molecule has 3 heterocycles. The third-order valence-corrected chi connectivity index (χ3v) is 5.74. The van der Waals surface area contributed by atoms with Crippen LogP contribution in [0.1, 0.15) is 67.4 Å². The number of ether oxygens (including phenoxy) is 1. The van der Waals surface area contributed by atoms with E-state index in [9.17, 15) is 9.90 Å². The Balaban J connectivity index is 1.48. The van der Waals surface area contributed by atoms with Gasteiger partial charge in [0.15, 0.2) is 5.69 Å². The van der Waals surface area contributed by atoms with Crippen LogP contribution in [-0.2, 0) is 11.2 Å². The molecular formula is C17H25N3O3. The zero-order chi connectivity index (χ0) is 16.2. The number of hydrogen-bond donors (Lipinski definition) is 2. The van der Waals surface area contributed by atoms with Gasteiger partial charge in [-0.25, -0.2) is 0 Å². The molecule has 1 saturated heterocycles. The number of piperidine rings is 1. The number of rotatable bonds is 2. The zero-order valence-electron chi connectivity index (χ0n) is 13.8. The molecule has 4 rings (SSSR count). The number of fused-ring (bicyclic) bond motifs is 1. The van der Waals surface area contributed by atoms with Crippen LogP contribution in [0.4, 0.5) is 0 Å². The summed E-state index contributed by atoms with van der Waals surface area (Å²) in [6, 6.07) is 0. The summed E-state index contributed by atoms with van der Waals surface area (Å²) < 4.78 is 5.79. The SMILES string of the molecule is C[C@@H]1Cc2c(C(=O)N3CCC(C4(O)CC4)CC3)n[nH]c2[C@H](C)O1. The summed E-state index contributed by atoms with van der Waals surface area (Å²) in [5, 5.41) is 17.5. The second kappa shape index (κ2) is 5.31. The number of carbonyl (C=O) groups is 1. The van der Waals surface area contributed by atoms with E-state index in [-0.39, 0.29) is 18.1 Å². The minimum absolute atomic E-state index is 0.0186. The summed E-state index contributed by atoms with van der Waals surface area (Å²) >= 11 is 0. The van der Waals surface area contributed by atoms with Gasteiger partial charge in [0.2, 0.25) is 0 Å². The molecule has 0 unspecified atom stereocenters. The molecule has 1 aliphatic carbocycles. The van der Waals surface area contributed by atoms with E-state index in [2.05, 4.69) is 10.2 Å². The van der Waals surface area contributed by atoms with E-state index in [1.807, 2.05) is 18.7 Å². The smallest absolute Gasteiger partial charge is 0.274 e. The first kappa shape index (κ1) is 15.1.